The first-order chi connectivity index (χ1) is 14.9. The molecule has 2 aromatic heterocycles. The van der Waals surface area contributed by atoms with Crippen LogP contribution in [0.3, 0.4) is 0 Å². The highest BCUT2D eigenvalue weighted by Gasteiger charge is 2.12. The predicted octanol–water partition coefficient (Wildman–Crippen LogP) is 4.26. The van der Waals surface area contributed by atoms with E-state index in [1.54, 1.807) is 61.5 Å². The Labute approximate surface area is 187 Å². The number of aromatic nitrogens is 2. The van der Waals surface area contributed by atoms with E-state index in [0.717, 1.165) is 17.2 Å². The number of amides is 2. The molecule has 6 N–H and O–H groups in total. The first-order valence-electron chi connectivity index (χ1n) is 9.07. The Morgan fingerprint density at radius 2 is 1.39 bits per heavy atom. The number of carbonyl (C=O) groups excluding carboxylic acids is 2. The van der Waals surface area contributed by atoms with Gasteiger partial charge in [-0.15, -0.1) is 5.10 Å². The third kappa shape index (κ3) is 6.36. The van der Waals surface area contributed by atoms with Crippen molar-refractivity contribution in [1.29, 1.82) is 0 Å². The maximum atomic E-state index is 11.8. The monoisotopic (exact) mass is 452 g/mol. The predicted molar refractivity (Wildman–Crippen MR) is 127 cm³/mol. The van der Waals surface area contributed by atoms with E-state index in [2.05, 4.69) is 20.2 Å². The molecular formula is C21H20N6O2S2. The van der Waals surface area contributed by atoms with E-state index in [1.165, 1.54) is 11.3 Å². The molecule has 2 aromatic carbocycles. The molecule has 31 heavy (non-hydrogen) atoms. The van der Waals surface area contributed by atoms with Gasteiger partial charge in [-0.05, 0) is 78.4 Å². The average molecular weight is 453 g/mol. The lowest BCUT2D eigenvalue weighted by atomic mass is 10.2. The second-order valence-electron chi connectivity index (χ2n) is 6.35. The third-order valence-electron chi connectivity index (χ3n) is 3.98. The van der Waals surface area contributed by atoms with Crippen LogP contribution in [0.4, 0.5) is 22.7 Å². The van der Waals surface area contributed by atoms with E-state index >= 15 is 0 Å². The van der Waals surface area contributed by atoms with E-state index in [0.29, 0.717) is 33.2 Å². The van der Waals surface area contributed by atoms with Gasteiger partial charge >= 0.3 is 0 Å². The molecular weight excluding hydrogens is 432 g/mol. The van der Waals surface area contributed by atoms with Gasteiger partial charge in [-0.3, -0.25) is 9.59 Å². The lowest BCUT2D eigenvalue weighted by Gasteiger charge is -2.03. The van der Waals surface area contributed by atoms with Crippen LogP contribution in [-0.4, -0.2) is 21.4 Å². The number of nitrogens with one attached hydrogen (secondary N) is 2. The van der Waals surface area contributed by atoms with Crippen molar-refractivity contribution in [3.05, 3.63) is 81.5 Å². The van der Waals surface area contributed by atoms with Gasteiger partial charge in [0.25, 0.3) is 11.8 Å². The molecule has 0 spiro atoms. The maximum absolute atomic E-state index is 11.8. The van der Waals surface area contributed by atoms with Crippen molar-refractivity contribution < 1.29 is 9.59 Å². The number of carbonyl (C=O) groups is 2. The van der Waals surface area contributed by atoms with Gasteiger partial charge < -0.3 is 22.1 Å². The highest BCUT2D eigenvalue weighted by Crippen LogP contribution is 2.15. The summed E-state index contributed by atoms with van der Waals surface area (Å²) < 4.78 is 3.71. The number of rotatable bonds is 4. The van der Waals surface area contributed by atoms with Crippen LogP contribution >= 0.6 is 22.9 Å². The van der Waals surface area contributed by atoms with Crippen LogP contribution in [0.1, 0.15) is 25.7 Å². The summed E-state index contributed by atoms with van der Waals surface area (Å²) in [6.07, 6.45) is 0. The minimum absolute atomic E-state index is 0.0963. The van der Waals surface area contributed by atoms with Crippen LogP contribution in [0.5, 0.6) is 0 Å². The van der Waals surface area contributed by atoms with Gasteiger partial charge in [0, 0.05) is 28.1 Å². The number of thiophene rings is 1. The molecule has 0 atom stereocenters. The zero-order valence-electron chi connectivity index (χ0n) is 16.5. The molecule has 0 aliphatic carbocycles. The highest BCUT2D eigenvalue weighted by molar-refractivity contribution is 7.08. The molecule has 158 valence electrons. The Morgan fingerprint density at radius 3 is 1.84 bits per heavy atom. The van der Waals surface area contributed by atoms with E-state index in [9.17, 15) is 9.59 Å². The smallest absolute Gasteiger partial charge is 0.269 e. The quantitative estimate of drug-likeness (QED) is 0.342. The number of aryl methyl sites for hydroxylation is 1. The van der Waals surface area contributed by atoms with Crippen molar-refractivity contribution >= 4 is 57.4 Å². The molecule has 0 unspecified atom stereocenters. The van der Waals surface area contributed by atoms with E-state index < -0.39 is 0 Å². The summed E-state index contributed by atoms with van der Waals surface area (Å²) in [5, 5.41) is 13.0. The van der Waals surface area contributed by atoms with Crippen LogP contribution in [0.15, 0.2) is 65.4 Å². The highest BCUT2D eigenvalue weighted by atomic mass is 32.1. The summed E-state index contributed by atoms with van der Waals surface area (Å²) in [7, 11) is 0. The Hall–Kier alpha value is -3.76. The first-order valence-corrected chi connectivity index (χ1v) is 10.8. The zero-order valence-corrected chi connectivity index (χ0v) is 18.2. The van der Waals surface area contributed by atoms with Crippen molar-refractivity contribution in [2.24, 2.45) is 0 Å². The van der Waals surface area contributed by atoms with Gasteiger partial charge in [0.05, 0.1) is 11.3 Å². The van der Waals surface area contributed by atoms with Crippen molar-refractivity contribution in [3.8, 4) is 0 Å². The fraction of sp³-hybridized carbons (Fsp3) is 0.0476. The maximum Gasteiger partial charge on any atom is 0.269 e. The third-order valence-corrected chi connectivity index (χ3v) is 5.49. The van der Waals surface area contributed by atoms with E-state index in [1.807, 2.05) is 10.8 Å². The molecule has 2 amide bonds. The minimum atomic E-state index is -0.197. The summed E-state index contributed by atoms with van der Waals surface area (Å²) in [6, 6.07) is 15.8. The molecule has 0 saturated carbocycles. The Morgan fingerprint density at radius 1 is 0.839 bits per heavy atom. The van der Waals surface area contributed by atoms with Crippen LogP contribution in [-0.2, 0) is 0 Å². The van der Waals surface area contributed by atoms with Gasteiger partial charge in [0.2, 0.25) is 0 Å². The molecule has 10 heteroatoms. The van der Waals surface area contributed by atoms with Gasteiger partial charge in [0.1, 0.15) is 4.88 Å². The summed E-state index contributed by atoms with van der Waals surface area (Å²) >= 11 is 2.58. The van der Waals surface area contributed by atoms with Crippen molar-refractivity contribution in [2.75, 3.05) is 22.1 Å². The van der Waals surface area contributed by atoms with Crippen molar-refractivity contribution in [3.63, 3.8) is 0 Å². The topological polar surface area (TPSA) is 136 Å². The van der Waals surface area contributed by atoms with Gasteiger partial charge in [-0.25, -0.2) is 0 Å². The molecule has 0 radical (unpaired) electrons. The molecule has 0 fully saturated rings. The molecule has 4 rings (SSSR count). The van der Waals surface area contributed by atoms with Crippen LogP contribution in [0.2, 0.25) is 0 Å². The van der Waals surface area contributed by atoms with E-state index in [4.69, 9.17) is 11.5 Å². The Bertz CT molecular complexity index is 1140. The number of benzene rings is 2. The molecule has 0 saturated heterocycles. The molecule has 0 aliphatic heterocycles. The second kappa shape index (κ2) is 10.3. The standard InChI is InChI=1S/C11H10N2OS.C10H10N4OS/c12-9-1-3-10(4-2-9)13-11(14)8-5-6-15-7-8;1-6-9(16-14-13-6)10(15)12-8-4-2-7(11)3-5-8/h1-7H,12H2,(H,13,14);2-5H,11H2,1H3,(H,12,15). The van der Waals surface area contributed by atoms with Gasteiger partial charge in [0.15, 0.2) is 0 Å². The minimum Gasteiger partial charge on any atom is -0.399 e. The first kappa shape index (κ1) is 21.9. The van der Waals surface area contributed by atoms with Crippen LogP contribution in [0, 0.1) is 6.92 Å². The molecule has 8 nitrogen and oxygen atoms in total. The number of nitrogen functional groups attached to an aromatic ring is 2. The zero-order chi connectivity index (χ0) is 22.2. The summed E-state index contributed by atoms with van der Waals surface area (Å²) in [4.78, 5) is 23.9. The lowest BCUT2D eigenvalue weighted by Crippen LogP contribution is -2.11. The number of nitrogens with two attached hydrogens (primary N) is 2. The largest absolute Gasteiger partial charge is 0.399 e. The lowest BCUT2D eigenvalue weighted by molar-refractivity contribution is 0.102. The summed E-state index contributed by atoms with van der Waals surface area (Å²) in [6.45, 7) is 1.75. The van der Waals surface area contributed by atoms with Crippen molar-refractivity contribution in [2.45, 2.75) is 6.92 Å². The Kier molecular flexibility index (Phi) is 7.31. The van der Waals surface area contributed by atoms with Crippen LogP contribution < -0.4 is 22.1 Å². The molecule has 0 bridgehead atoms. The number of hydrogen-bond donors (Lipinski definition) is 4. The van der Waals surface area contributed by atoms with Crippen LogP contribution in [0.25, 0.3) is 0 Å². The van der Waals surface area contributed by atoms with Gasteiger partial charge in [-0.2, -0.15) is 11.3 Å². The SMILES string of the molecule is Cc1nnsc1C(=O)Nc1ccc(N)cc1.Nc1ccc(NC(=O)c2ccsc2)cc1. The number of anilines is 4. The fourth-order valence-electron chi connectivity index (χ4n) is 2.36. The number of nitrogens with zero attached hydrogens (tertiary/aromatic N) is 2. The molecule has 0 aliphatic rings. The van der Waals surface area contributed by atoms with Crippen molar-refractivity contribution in [1.82, 2.24) is 9.59 Å². The normalized spacial score (nSPS) is 9.97. The summed E-state index contributed by atoms with van der Waals surface area (Å²) in [5.41, 5.74) is 15.2. The number of hydrogen-bond acceptors (Lipinski definition) is 8. The second-order valence-corrected chi connectivity index (χ2v) is 7.89. The Balaban J connectivity index is 0.000000176. The average Bonchev–Trinajstić information content (AvgIpc) is 3.44. The van der Waals surface area contributed by atoms with E-state index in [-0.39, 0.29) is 11.8 Å². The fourth-order valence-corrected chi connectivity index (χ4v) is 3.55. The molecule has 2 heterocycles. The summed E-state index contributed by atoms with van der Waals surface area (Å²) in [5.74, 6) is -0.293. The van der Waals surface area contributed by atoms with Gasteiger partial charge in [-0.1, -0.05) is 4.49 Å². The molecule has 4 aromatic rings.